The lowest BCUT2D eigenvalue weighted by Gasteiger charge is -2.39. The maximum absolute atomic E-state index is 14.5. The second-order valence-corrected chi connectivity index (χ2v) is 8.07. The molecule has 8 heteroatoms. The van der Waals surface area contributed by atoms with Crippen molar-refractivity contribution in [1.29, 1.82) is 0 Å². The molecule has 4 nitrogen and oxygen atoms in total. The molecule has 0 saturated heterocycles. The van der Waals surface area contributed by atoms with Crippen LogP contribution in [0.2, 0.25) is 0 Å². The van der Waals surface area contributed by atoms with E-state index >= 15 is 0 Å². The monoisotopic (exact) mass is 351 g/mol. The van der Waals surface area contributed by atoms with Gasteiger partial charge < -0.3 is 5.11 Å². The minimum absolute atomic E-state index is 0.477. The number of halogens is 3. The fourth-order valence-corrected chi connectivity index (χ4v) is 3.08. The van der Waals surface area contributed by atoms with Crippen molar-refractivity contribution in [3.05, 3.63) is 35.6 Å². The summed E-state index contributed by atoms with van der Waals surface area (Å²) >= 11 is 0. The van der Waals surface area contributed by atoms with Gasteiger partial charge in [0.05, 0.1) is 15.7 Å². The van der Waals surface area contributed by atoms with Crippen molar-refractivity contribution in [3.8, 4) is 0 Å². The van der Waals surface area contributed by atoms with Gasteiger partial charge in [-0.1, -0.05) is 25.1 Å². The van der Waals surface area contributed by atoms with Gasteiger partial charge in [0.1, 0.15) is 11.4 Å². The number of hydrogen-bond donors (Lipinski definition) is 2. The first-order valence-corrected chi connectivity index (χ1v) is 8.11. The molecule has 0 amide bonds. The Morgan fingerprint density at radius 3 is 2.17 bits per heavy atom. The largest absolute Gasteiger partial charge is 0.477 e. The minimum Gasteiger partial charge on any atom is -0.477 e. The van der Waals surface area contributed by atoms with Crippen molar-refractivity contribution in [2.45, 2.75) is 50.3 Å². The molecular weight excluding hydrogens is 331 g/mol. The Morgan fingerprint density at radius 1 is 1.26 bits per heavy atom. The molecular formula is C15H20F3NO3S. The van der Waals surface area contributed by atoms with E-state index in [1.54, 1.807) is 0 Å². The van der Waals surface area contributed by atoms with Crippen molar-refractivity contribution < 1.29 is 27.3 Å². The molecule has 0 bridgehead atoms. The summed E-state index contributed by atoms with van der Waals surface area (Å²) in [5.74, 6) is -7.78. The lowest BCUT2D eigenvalue weighted by molar-refractivity contribution is -0.179. The molecule has 0 heterocycles. The predicted octanol–water partition coefficient (Wildman–Crippen LogP) is 3.20. The zero-order valence-electron chi connectivity index (χ0n) is 13.3. The smallest absolute Gasteiger partial charge is 0.377 e. The second kappa shape index (κ2) is 6.60. The molecule has 0 aliphatic heterocycles. The van der Waals surface area contributed by atoms with Crippen LogP contribution in [-0.4, -0.2) is 26.0 Å². The first-order chi connectivity index (χ1) is 10.4. The summed E-state index contributed by atoms with van der Waals surface area (Å²) in [6, 6.07) is 4.66. The summed E-state index contributed by atoms with van der Waals surface area (Å²) in [5, 5.41) is 8.96. The Labute approximate surface area is 135 Å². The lowest BCUT2D eigenvalue weighted by Crippen LogP contribution is -2.61. The van der Waals surface area contributed by atoms with E-state index in [-0.39, 0.29) is 0 Å². The van der Waals surface area contributed by atoms with Gasteiger partial charge in [-0.15, -0.1) is 0 Å². The molecule has 2 N–H and O–H groups in total. The Morgan fingerprint density at radius 2 is 1.78 bits per heavy atom. The van der Waals surface area contributed by atoms with Gasteiger partial charge in [0.2, 0.25) is 0 Å². The average Bonchev–Trinajstić information content (AvgIpc) is 2.43. The van der Waals surface area contributed by atoms with Gasteiger partial charge in [-0.3, -0.25) is 0 Å². The van der Waals surface area contributed by atoms with Crippen LogP contribution in [-0.2, 0) is 21.3 Å². The fraction of sp³-hybridized carbons (Fsp3) is 0.533. The molecule has 0 aliphatic rings. The van der Waals surface area contributed by atoms with Crippen LogP contribution >= 0.6 is 0 Å². The molecule has 23 heavy (non-hydrogen) atoms. The molecule has 130 valence electrons. The Balaban J connectivity index is 3.62. The van der Waals surface area contributed by atoms with Crippen LogP contribution in [0.15, 0.2) is 24.3 Å². The normalized spacial score (nSPS) is 16.7. The van der Waals surface area contributed by atoms with Crippen molar-refractivity contribution in [2.75, 3.05) is 0 Å². The SMILES string of the molecule is CC[C@@](N[S@](=O)C(C)(C)C)(c1ccccc1F)C(F)(F)C(=O)O. The summed E-state index contributed by atoms with van der Waals surface area (Å²) in [5.41, 5.74) is -3.17. The van der Waals surface area contributed by atoms with Gasteiger partial charge >= 0.3 is 11.9 Å². The molecule has 0 saturated carbocycles. The quantitative estimate of drug-likeness (QED) is 0.827. The number of carboxylic acids is 1. The Kier molecular flexibility index (Phi) is 5.64. The first kappa shape index (κ1) is 19.6. The summed E-state index contributed by atoms with van der Waals surface area (Å²) < 4.78 is 56.8. The van der Waals surface area contributed by atoms with E-state index in [9.17, 15) is 22.2 Å². The summed E-state index contributed by atoms with van der Waals surface area (Å²) in [6.07, 6.45) is -0.477. The average molecular weight is 351 g/mol. The second-order valence-electron chi connectivity index (χ2n) is 6.10. The predicted molar refractivity (Wildman–Crippen MR) is 82.0 cm³/mol. The number of aliphatic carboxylic acids is 1. The van der Waals surface area contributed by atoms with Crippen LogP contribution in [0.5, 0.6) is 0 Å². The van der Waals surface area contributed by atoms with Crippen LogP contribution in [0, 0.1) is 5.82 Å². The fourth-order valence-electron chi connectivity index (χ4n) is 2.07. The summed E-state index contributed by atoms with van der Waals surface area (Å²) in [6.45, 7) is 5.90. The number of nitrogens with one attached hydrogen (secondary N) is 1. The topological polar surface area (TPSA) is 66.4 Å². The van der Waals surface area contributed by atoms with E-state index in [0.29, 0.717) is 0 Å². The number of rotatable bonds is 6. The standard InChI is InChI=1S/C15H20F3NO3S/c1-5-14(15(17,18)12(20)21,19-23(22)13(2,3)4)10-8-6-7-9-11(10)16/h6-9,19H,5H2,1-4H3,(H,20,21)/t14-,23-/m1/s1. The number of alkyl halides is 2. The molecule has 0 aromatic heterocycles. The van der Waals surface area contributed by atoms with E-state index in [4.69, 9.17) is 5.11 Å². The third-order valence-electron chi connectivity index (χ3n) is 3.49. The highest BCUT2D eigenvalue weighted by atomic mass is 32.2. The van der Waals surface area contributed by atoms with Crippen LogP contribution in [0.1, 0.15) is 39.7 Å². The molecule has 2 atom stereocenters. The van der Waals surface area contributed by atoms with E-state index in [0.717, 1.165) is 12.1 Å². The van der Waals surface area contributed by atoms with E-state index < -0.39 is 51.0 Å². The van der Waals surface area contributed by atoms with E-state index in [1.165, 1.54) is 39.8 Å². The zero-order valence-corrected chi connectivity index (χ0v) is 14.1. The summed E-state index contributed by atoms with van der Waals surface area (Å²) in [4.78, 5) is 11.1. The molecule has 0 unspecified atom stereocenters. The van der Waals surface area contributed by atoms with Gasteiger partial charge in [0.15, 0.2) is 0 Å². The van der Waals surface area contributed by atoms with Crippen molar-refractivity contribution in [2.24, 2.45) is 0 Å². The summed E-state index contributed by atoms with van der Waals surface area (Å²) in [7, 11) is -2.04. The number of hydrogen-bond acceptors (Lipinski definition) is 2. The number of carbonyl (C=O) groups is 1. The zero-order chi connectivity index (χ0) is 18.1. The highest BCUT2D eigenvalue weighted by molar-refractivity contribution is 7.84. The van der Waals surface area contributed by atoms with Gasteiger partial charge in [-0.05, 0) is 33.3 Å². The Hall–Kier alpha value is -1.41. The van der Waals surface area contributed by atoms with Crippen molar-refractivity contribution >= 4 is 17.0 Å². The number of carboxylic acid groups (broad SMARTS) is 1. The van der Waals surface area contributed by atoms with E-state index in [2.05, 4.69) is 4.72 Å². The molecule has 1 aromatic rings. The highest BCUT2D eigenvalue weighted by Gasteiger charge is 2.61. The van der Waals surface area contributed by atoms with Gasteiger partial charge in [-0.25, -0.2) is 18.1 Å². The molecule has 0 fully saturated rings. The minimum atomic E-state index is -4.37. The third-order valence-corrected chi connectivity index (χ3v) is 5.14. The Bertz CT molecular complexity index is 616. The van der Waals surface area contributed by atoms with Crippen molar-refractivity contribution in [1.82, 2.24) is 4.72 Å². The molecule has 0 aliphatic carbocycles. The molecule has 1 aromatic carbocycles. The lowest BCUT2D eigenvalue weighted by atomic mass is 9.81. The maximum atomic E-state index is 14.5. The molecule has 0 radical (unpaired) electrons. The third kappa shape index (κ3) is 3.58. The van der Waals surface area contributed by atoms with Crippen molar-refractivity contribution in [3.63, 3.8) is 0 Å². The van der Waals surface area contributed by atoms with Crippen LogP contribution in [0.25, 0.3) is 0 Å². The van der Waals surface area contributed by atoms with Crippen LogP contribution < -0.4 is 4.72 Å². The van der Waals surface area contributed by atoms with Gasteiger partial charge in [0, 0.05) is 5.56 Å². The van der Waals surface area contributed by atoms with Gasteiger partial charge in [-0.2, -0.15) is 8.78 Å². The van der Waals surface area contributed by atoms with Gasteiger partial charge in [0.25, 0.3) is 0 Å². The molecule has 1 rings (SSSR count). The highest BCUT2D eigenvalue weighted by Crippen LogP contribution is 2.42. The molecule has 0 spiro atoms. The first-order valence-electron chi connectivity index (χ1n) is 6.96. The van der Waals surface area contributed by atoms with E-state index in [1.807, 2.05) is 0 Å². The number of benzene rings is 1. The van der Waals surface area contributed by atoms with Crippen LogP contribution in [0.3, 0.4) is 0 Å². The maximum Gasteiger partial charge on any atom is 0.377 e. The van der Waals surface area contributed by atoms with Crippen LogP contribution in [0.4, 0.5) is 13.2 Å².